The van der Waals surface area contributed by atoms with Crippen LogP contribution < -0.4 is 10.6 Å². The number of anilines is 1. The number of nitrogens with two attached hydrogens (primary N) is 1. The number of carboxylic acids is 1. The Morgan fingerprint density at radius 2 is 2.00 bits per heavy atom. The van der Waals surface area contributed by atoms with E-state index in [1.165, 1.54) is 0 Å². The van der Waals surface area contributed by atoms with Crippen molar-refractivity contribution in [3.8, 4) is 0 Å². The van der Waals surface area contributed by atoms with E-state index in [1.807, 2.05) is 0 Å². The van der Waals surface area contributed by atoms with E-state index in [-0.39, 0.29) is 5.69 Å². The summed E-state index contributed by atoms with van der Waals surface area (Å²) in [4.78, 5) is 22.7. The Morgan fingerprint density at radius 1 is 1.41 bits per heavy atom. The summed E-state index contributed by atoms with van der Waals surface area (Å²) < 4.78 is 25.9. The summed E-state index contributed by atoms with van der Waals surface area (Å²) in [5.41, 5.74) is 4.85. The van der Waals surface area contributed by atoms with Crippen molar-refractivity contribution in [1.82, 2.24) is 0 Å². The third-order valence-electron chi connectivity index (χ3n) is 2.13. The largest absolute Gasteiger partial charge is 0.480 e. The van der Waals surface area contributed by atoms with Gasteiger partial charge in [0.15, 0.2) is 6.04 Å². The minimum Gasteiger partial charge on any atom is -0.480 e. The molecule has 1 atom stereocenters. The standard InChI is InChI=1S/C10H10F2N2O3/c1-14(9(15)8(13)10(16)17)7-3-2-5(11)4-6(7)12/h2-4,8H,13H2,1H3,(H,16,17). The molecule has 0 aliphatic heterocycles. The smallest absolute Gasteiger partial charge is 0.330 e. The number of hydrogen-bond acceptors (Lipinski definition) is 3. The Hall–Kier alpha value is -2.02. The molecule has 1 aromatic rings. The van der Waals surface area contributed by atoms with E-state index >= 15 is 0 Å². The molecule has 7 heteroatoms. The van der Waals surface area contributed by atoms with Crippen LogP contribution >= 0.6 is 0 Å². The summed E-state index contributed by atoms with van der Waals surface area (Å²) in [6.45, 7) is 0. The number of likely N-dealkylation sites (N-methyl/N-ethyl adjacent to an activating group) is 1. The first-order valence-electron chi connectivity index (χ1n) is 4.55. The Bertz CT molecular complexity index is 465. The lowest BCUT2D eigenvalue weighted by Gasteiger charge is -2.19. The molecule has 92 valence electrons. The molecule has 0 saturated heterocycles. The van der Waals surface area contributed by atoms with Gasteiger partial charge < -0.3 is 15.7 Å². The number of rotatable bonds is 3. The van der Waals surface area contributed by atoms with Crippen LogP contribution in [0.5, 0.6) is 0 Å². The van der Waals surface area contributed by atoms with Crippen molar-refractivity contribution in [2.45, 2.75) is 6.04 Å². The first kappa shape index (κ1) is 13.0. The highest BCUT2D eigenvalue weighted by atomic mass is 19.1. The van der Waals surface area contributed by atoms with E-state index in [0.29, 0.717) is 6.07 Å². The highest BCUT2D eigenvalue weighted by molar-refractivity contribution is 6.08. The van der Waals surface area contributed by atoms with Gasteiger partial charge in [-0.1, -0.05) is 0 Å². The zero-order valence-electron chi connectivity index (χ0n) is 8.85. The number of aliphatic carboxylic acids is 1. The molecule has 1 unspecified atom stereocenters. The minimum absolute atomic E-state index is 0.242. The molecule has 0 aliphatic rings. The first-order chi connectivity index (χ1) is 7.84. The maximum Gasteiger partial charge on any atom is 0.330 e. The molecule has 0 heterocycles. The number of amides is 1. The van der Waals surface area contributed by atoms with Gasteiger partial charge in [-0.05, 0) is 12.1 Å². The number of benzene rings is 1. The second-order valence-electron chi connectivity index (χ2n) is 3.31. The van der Waals surface area contributed by atoms with Crippen LogP contribution in [0.25, 0.3) is 0 Å². The quantitative estimate of drug-likeness (QED) is 0.751. The second kappa shape index (κ2) is 4.88. The second-order valence-corrected chi connectivity index (χ2v) is 3.31. The molecule has 3 N–H and O–H groups in total. The normalized spacial score (nSPS) is 12.0. The molecular weight excluding hydrogens is 234 g/mol. The maximum absolute atomic E-state index is 13.3. The summed E-state index contributed by atoms with van der Waals surface area (Å²) in [5.74, 6) is -4.29. The van der Waals surface area contributed by atoms with Crippen molar-refractivity contribution >= 4 is 17.6 Å². The summed E-state index contributed by atoms with van der Waals surface area (Å²) in [7, 11) is 1.15. The van der Waals surface area contributed by atoms with Crippen molar-refractivity contribution in [2.24, 2.45) is 5.73 Å². The van der Waals surface area contributed by atoms with Gasteiger partial charge in [-0.3, -0.25) is 4.79 Å². The Labute approximate surface area is 95.4 Å². The van der Waals surface area contributed by atoms with Crippen LogP contribution in [0.2, 0.25) is 0 Å². The Morgan fingerprint density at radius 3 is 2.47 bits per heavy atom. The van der Waals surface area contributed by atoms with E-state index in [9.17, 15) is 18.4 Å². The molecule has 0 aromatic heterocycles. The van der Waals surface area contributed by atoms with Crippen molar-refractivity contribution in [3.05, 3.63) is 29.8 Å². The predicted molar refractivity (Wildman–Crippen MR) is 55.4 cm³/mol. The van der Waals surface area contributed by atoms with Gasteiger partial charge in [0.05, 0.1) is 5.69 Å². The van der Waals surface area contributed by atoms with E-state index in [4.69, 9.17) is 10.8 Å². The molecular formula is C10H10F2N2O3. The highest BCUT2D eigenvalue weighted by Gasteiger charge is 2.26. The van der Waals surface area contributed by atoms with Gasteiger partial charge in [0, 0.05) is 13.1 Å². The van der Waals surface area contributed by atoms with Gasteiger partial charge in [0.1, 0.15) is 11.6 Å². The molecule has 0 spiro atoms. The summed E-state index contributed by atoms with van der Waals surface area (Å²) in [5, 5.41) is 8.54. The molecule has 0 fully saturated rings. The number of carbonyl (C=O) groups is 2. The number of carbonyl (C=O) groups excluding carboxylic acids is 1. The monoisotopic (exact) mass is 244 g/mol. The van der Waals surface area contributed by atoms with Gasteiger partial charge >= 0.3 is 5.97 Å². The van der Waals surface area contributed by atoms with Crippen LogP contribution in [0.1, 0.15) is 0 Å². The summed E-state index contributed by atoms with van der Waals surface area (Å²) in [6.07, 6.45) is 0. The van der Waals surface area contributed by atoms with Crippen LogP contribution in [0.15, 0.2) is 18.2 Å². The van der Waals surface area contributed by atoms with Crippen LogP contribution in [0, 0.1) is 11.6 Å². The number of hydrogen-bond donors (Lipinski definition) is 2. The topological polar surface area (TPSA) is 83.6 Å². The lowest BCUT2D eigenvalue weighted by atomic mass is 10.2. The van der Waals surface area contributed by atoms with Crippen LogP contribution in [-0.2, 0) is 9.59 Å². The average Bonchev–Trinajstić information content (AvgIpc) is 2.26. The molecule has 17 heavy (non-hydrogen) atoms. The lowest BCUT2D eigenvalue weighted by Crippen LogP contribution is -2.47. The van der Waals surface area contributed by atoms with E-state index in [2.05, 4.69) is 0 Å². The molecule has 1 amide bonds. The zero-order valence-corrected chi connectivity index (χ0v) is 8.85. The molecule has 5 nitrogen and oxygen atoms in total. The van der Waals surface area contributed by atoms with E-state index < -0.39 is 29.6 Å². The van der Waals surface area contributed by atoms with Crippen LogP contribution in [0.4, 0.5) is 14.5 Å². The van der Waals surface area contributed by atoms with Crippen molar-refractivity contribution in [2.75, 3.05) is 11.9 Å². The van der Waals surface area contributed by atoms with Crippen LogP contribution in [0.3, 0.4) is 0 Å². The van der Waals surface area contributed by atoms with Gasteiger partial charge in [0.2, 0.25) is 0 Å². The third-order valence-corrected chi connectivity index (χ3v) is 2.13. The SMILES string of the molecule is CN(C(=O)C(N)C(=O)O)c1ccc(F)cc1F. The predicted octanol–water partition coefficient (Wildman–Crippen LogP) is 0.339. The van der Waals surface area contributed by atoms with E-state index in [1.54, 1.807) is 0 Å². The molecule has 0 radical (unpaired) electrons. The number of nitrogens with zero attached hydrogens (tertiary/aromatic N) is 1. The molecule has 0 aliphatic carbocycles. The fourth-order valence-electron chi connectivity index (χ4n) is 1.19. The van der Waals surface area contributed by atoms with Crippen molar-refractivity contribution in [1.29, 1.82) is 0 Å². The van der Waals surface area contributed by atoms with Crippen molar-refractivity contribution < 1.29 is 23.5 Å². The summed E-state index contributed by atoms with van der Waals surface area (Å²) in [6, 6.07) is 0.779. The lowest BCUT2D eigenvalue weighted by molar-refractivity contribution is -0.142. The Balaban J connectivity index is 3.00. The molecule has 1 aromatic carbocycles. The third kappa shape index (κ3) is 2.76. The Kier molecular flexibility index (Phi) is 3.74. The molecule has 0 saturated carbocycles. The van der Waals surface area contributed by atoms with Crippen LogP contribution in [-0.4, -0.2) is 30.1 Å². The maximum atomic E-state index is 13.3. The van der Waals surface area contributed by atoms with Gasteiger partial charge in [-0.25, -0.2) is 13.6 Å². The number of carboxylic acid groups (broad SMARTS) is 1. The van der Waals surface area contributed by atoms with Crippen molar-refractivity contribution in [3.63, 3.8) is 0 Å². The molecule has 1 rings (SSSR count). The number of halogens is 2. The first-order valence-corrected chi connectivity index (χ1v) is 4.55. The minimum atomic E-state index is -1.79. The fraction of sp³-hybridized carbons (Fsp3) is 0.200. The van der Waals surface area contributed by atoms with Gasteiger partial charge in [-0.15, -0.1) is 0 Å². The van der Waals surface area contributed by atoms with Gasteiger partial charge in [-0.2, -0.15) is 0 Å². The van der Waals surface area contributed by atoms with Gasteiger partial charge in [0.25, 0.3) is 5.91 Å². The highest BCUT2D eigenvalue weighted by Crippen LogP contribution is 2.19. The molecule has 0 bridgehead atoms. The zero-order chi connectivity index (χ0) is 13.2. The fourth-order valence-corrected chi connectivity index (χ4v) is 1.19. The summed E-state index contributed by atoms with van der Waals surface area (Å²) >= 11 is 0. The van der Waals surface area contributed by atoms with E-state index in [0.717, 1.165) is 24.1 Å². The average molecular weight is 244 g/mol.